The second-order valence-corrected chi connectivity index (χ2v) is 8.59. The molecule has 2 aromatic rings. The number of rotatable bonds is 5. The van der Waals surface area contributed by atoms with E-state index >= 15 is 0 Å². The van der Waals surface area contributed by atoms with Crippen molar-refractivity contribution in [3.05, 3.63) is 66.0 Å². The number of aromatic nitrogens is 1. The number of carbonyl (C=O) groups excluding carboxylic acids is 3. The van der Waals surface area contributed by atoms with Crippen LogP contribution in [0.4, 0.5) is 0 Å². The minimum atomic E-state index is -1.13. The van der Waals surface area contributed by atoms with Crippen LogP contribution >= 0.6 is 0 Å². The van der Waals surface area contributed by atoms with E-state index in [9.17, 15) is 14.4 Å². The van der Waals surface area contributed by atoms with Gasteiger partial charge < -0.3 is 4.90 Å². The molecule has 1 unspecified atom stereocenters. The number of carbonyl (C=O) groups is 3. The van der Waals surface area contributed by atoms with E-state index in [0.29, 0.717) is 0 Å². The second-order valence-electron chi connectivity index (χ2n) is 8.59. The highest BCUT2D eigenvalue weighted by Gasteiger charge is 2.54. The van der Waals surface area contributed by atoms with Gasteiger partial charge in [0.2, 0.25) is 17.7 Å². The fourth-order valence-electron chi connectivity index (χ4n) is 4.72. The summed E-state index contributed by atoms with van der Waals surface area (Å²) in [5.74, 6) is -0.537. The molecular formula is C25H29N3O3. The van der Waals surface area contributed by atoms with E-state index < -0.39 is 5.41 Å². The minimum Gasteiger partial charge on any atom is -0.343 e. The first kappa shape index (κ1) is 21.2. The third kappa shape index (κ3) is 4.53. The van der Waals surface area contributed by atoms with Crippen molar-refractivity contribution in [1.82, 2.24) is 14.8 Å². The lowest BCUT2D eigenvalue weighted by molar-refractivity contribution is -0.143. The third-order valence-corrected chi connectivity index (χ3v) is 6.49. The Labute approximate surface area is 183 Å². The topological polar surface area (TPSA) is 70.6 Å². The molecule has 31 heavy (non-hydrogen) atoms. The van der Waals surface area contributed by atoms with Gasteiger partial charge in [-0.05, 0) is 36.1 Å². The first-order chi connectivity index (χ1) is 15.1. The summed E-state index contributed by atoms with van der Waals surface area (Å²) >= 11 is 0. The maximum Gasteiger partial charge on any atom is 0.241 e. The molecule has 0 saturated carbocycles. The Bertz CT molecular complexity index is 924. The van der Waals surface area contributed by atoms with Crippen molar-refractivity contribution in [3.63, 3.8) is 0 Å². The molecule has 2 saturated heterocycles. The first-order valence-corrected chi connectivity index (χ1v) is 11.2. The van der Waals surface area contributed by atoms with Crippen LogP contribution in [0, 0.1) is 0 Å². The summed E-state index contributed by atoms with van der Waals surface area (Å²) in [5.41, 5.74) is 0.451. The summed E-state index contributed by atoms with van der Waals surface area (Å²) < 4.78 is 0. The van der Waals surface area contributed by atoms with Gasteiger partial charge >= 0.3 is 0 Å². The summed E-state index contributed by atoms with van der Waals surface area (Å²) in [6, 6.07) is 12.9. The number of likely N-dealkylation sites (tertiary alicyclic amines) is 2. The Morgan fingerprint density at radius 1 is 0.903 bits per heavy atom. The number of benzene rings is 1. The van der Waals surface area contributed by atoms with Crippen molar-refractivity contribution in [2.24, 2.45) is 0 Å². The van der Waals surface area contributed by atoms with E-state index in [1.165, 1.54) is 11.3 Å². The van der Waals surface area contributed by atoms with Gasteiger partial charge in [0.1, 0.15) is 0 Å². The van der Waals surface area contributed by atoms with Gasteiger partial charge in [0.25, 0.3) is 0 Å². The Morgan fingerprint density at radius 3 is 2.23 bits per heavy atom. The van der Waals surface area contributed by atoms with Gasteiger partial charge in [-0.1, -0.05) is 49.6 Å². The highest BCUT2D eigenvalue weighted by atomic mass is 16.2. The summed E-state index contributed by atoms with van der Waals surface area (Å²) in [7, 11) is 0. The Morgan fingerprint density at radius 2 is 1.55 bits per heavy atom. The molecule has 0 aliphatic carbocycles. The molecular weight excluding hydrogens is 390 g/mol. The summed E-state index contributed by atoms with van der Waals surface area (Å²) in [4.78, 5) is 47.3. The van der Waals surface area contributed by atoms with E-state index in [0.717, 1.165) is 49.9 Å². The van der Waals surface area contributed by atoms with Gasteiger partial charge in [-0.15, -0.1) is 0 Å². The average Bonchev–Trinajstić information content (AvgIpc) is 3.00. The monoisotopic (exact) mass is 419 g/mol. The Hall–Kier alpha value is -3.02. The molecule has 1 aromatic carbocycles. The van der Waals surface area contributed by atoms with Crippen molar-refractivity contribution in [2.75, 3.05) is 13.1 Å². The molecule has 4 rings (SSSR count). The molecule has 6 nitrogen and oxygen atoms in total. The van der Waals surface area contributed by atoms with Crippen molar-refractivity contribution in [2.45, 2.75) is 56.9 Å². The molecule has 2 aliphatic heterocycles. The molecule has 0 bridgehead atoms. The second kappa shape index (κ2) is 9.41. The van der Waals surface area contributed by atoms with Crippen molar-refractivity contribution < 1.29 is 14.4 Å². The molecule has 0 N–H and O–H groups in total. The van der Waals surface area contributed by atoms with E-state index in [1.54, 1.807) is 24.5 Å². The van der Waals surface area contributed by atoms with Crippen molar-refractivity contribution >= 4 is 17.7 Å². The quantitative estimate of drug-likeness (QED) is 0.696. The summed E-state index contributed by atoms with van der Waals surface area (Å²) in [6.45, 7) is 1.66. The Kier molecular flexibility index (Phi) is 6.44. The molecule has 3 heterocycles. The predicted molar refractivity (Wildman–Crippen MR) is 117 cm³/mol. The molecule has 0 radical (unpaired) electrons. The molecule has 1 aromatic heterocycles. The van der Waals surface area contributed by atoms with Crippen LogP contribution in [0.15, 0.2) is 54.9 Å². The standard InChI is InChI=1S/C25H29N3O3/c29-22(27-15-7-2-1-3-8-16-27)17-25(21-9-5-4-6-10-21)18-23(30)28(24(25)31)19-20-11-13-26-14-12-20/h4-6,9-14H,1-3,7-8,15-19H2. The normalized spacial score (nSPS) is 22.3. The van der Waals surface area contributed by atoms with Gasteiger partial charge in [0.15, 0.2) is 0 Å². The van der Waals surface area contributed by atoms with Crippen LogP contribution in [0.25, 0.3) is 0 Å². The van der Waals surface area contributed by atoms with E-state index in [-0.39, 0.29) is 37.1 Å². The van der Waals surface area contributed by atoms with Crippen LogP contribution in [-0.4, -0.2) is 45.6 Å². The van der Waals surface area contributed by atoms with Crippen LogP contribution in [-0.2, 0) is 26.3 Å². The van der Waals surface area contributed by atoms with Crippen molar-refractivity contribution in [1.29, 1.82) is 0 Å². The van der Waals surface area contributed by atoms with Crippen LogP contribution < -0.4 is 0 Å². The van der Waals surface area contributed by atoms with Crippen LogP contribution in [0.2, 0.25) is 0 Å². The molecule has 2 aliphatic rings. The minimum absolute atomic E-state index is 0.0283. The fourth-order valence-corrected chi connectivity index (χ4v) is 4.72. The van der Waals surface area contributed by atoms with E-state index in [4.69, 9.17) is 0 Å². The van der Waals surface area contributed by atoms with Gasteiger partial charge in [-0.2, -0.15) is 0 Å². The van der Waals surface area contributed by atoms with Gasteiger partial charge in [-0.3, -0.25) is 24.3 Å². The lowest BCUT2D eigenvalue weighted by atomic mass is 9.75. The molecule has 0 spiro atoms. The summed E-state index contributed by atoms with van der Waals surface area (Å²) in [5, 5.41) is 0. The van der Waals surface area contributed by atoms with Gasteiger partial charge in [-0.25, -0.2) is 0 Å². The number of pyridine rings is 1. The third-order valence-electron chi connectivity index (χ3n) is 6.49. The van der Waals surface area contributed by atoms with E-state index in [2.05, 4.69) is 4.98 Å². The molecule has 3 amide bonds. The fraction of sp³-hybridized carbons (Fsp3) is 0.440. The van der Waals surface area contributed by atoms with Gasteiger partial charge in [0.05, 0.1) is 12.0 Å². The zero-order valence-corrected chi connectivity index (χ0v) is 17.8. The molecule has 1 atom stereocenters. The lowest BCUT2D eigenvalue weighted by Crippen LogP contribution is -2.44. The lowest BCUT2D eigenvalue weighted by Gasteiger charge is -2.31. The molecule has 162 valence electrons. The SMILES string of the molecule is O=C(CC1(c2ccccc2)CC(=O)N(Cc2ccncc2)C1=O)N1CCCCCCC1. The average molecular weight is 420 g/mol. The maximum absolute atomic E-state index is 13.7. The largest absolute Gasteiger partial charge is 0.343 e. The Balaban J connectivity index is 1.62. The van der Waals surface area contributed by atoms with Crippen molar-refractivity contribution in [3.8, 4) is 0 Å². The number of imide groups is 1. The molecule has 6 heteroatoms. The first-order valence-electron chi connectivity index (χ1n) is 11.2. The number of amides is 3. The van der Waals surface area contributed by atoms with E-state index in [1.807, 2.05) is 35.2 Å². The highest BCUT2D eigenvalue weighted by Crippen LogP contribution is 2.41. The zero-order chi connectivity index (χ0) is 21.7. The number of hydrogen-bond acceptors (Lipinski definition) is 4. The zero-order valence-electron chi connectivity index (χ0n) is 17.8. The maximum atomic E-state index is 13.7. The van der Waals surface area contributed by atoms with Crippen LogP contribution in [0.3, 0.4) is 0 Å². The number of hydrogen-bond donors (Lipinski definition) is 0. The van der Waals surface area contributed by atoms with Gasteiger partial charge in [0, 0.05) is 38.3 Å². The van der Waals surface area contributed by atoms with Crippen LogP contribution in [0.1, 0.15) is 56.1 Å². The van der Waals surface area contributed by atoms with Crippen LogP contribution in [0.5, 0.6) is 0 Å². The number of nitrogens with zero attached hydrogens (tertiary/aromatic N) is 3. The highest BCUT2D eigenvalue weighted by molar-refractivity contribution is 6.10. The molecule has 2 fully saturated rings. The summed E-state index contributed by atoms with van der Waals surface area (Å²) in [6.07, 6.45) is 8.82. The predicted octanol–water partition coefficient (Wildman–Crippen LogP) is 3.46. The smallest absolute Gasteiger partial charge is 0.241 e.